The maximum atomic E-state index is 13.4. The number of anilines is 1. The molecule has 23 heavy (non-hydrogen) atoms. The van der Waals surface area contributed by atoms with Gasteiger partial charge in [0.05, 0.1) is 7.11 Å². The molecule has 0 aliphatic rings. The molecule has 5 nitrogen and oxygen atoms in total. The molecule has 0 unspecified atom stereocenters. The normalized spacial score (nSPS) is 10.0. The molecule has 2 aromatic rings. The van der Waals surface area contributed by atoms with E-state index in [0.717, 1.165) is 5.56 Å². The van der Waals surface area contributed by atoms with Gasteiger partial charge >= 0.3 is 11.8 Å². The molecule has 0 aliphatic heterocycles. The molecule has 6 heteroatoms. The van der Waals surface area contributed by atoms with Gasteiger partial charge in [0.2, 0.25) is 0 Å². The molecule has 0 radical (unpaired) electrons. The molecular weight excluding hydrogens is 299 g/mol. The van der Waals surface area contributed by atoms with Gasteiger partial charge in [0.25, 0.3) is 0 Å². The summed E-state index contributed by atoms with van der Waals surface area (Å²) in [6.07, 6.45) is 0. The predicted molar refractivity (Wildman–Crippen MR) is 84.6 cm³/mol. The van der Waals surface area contributed by atoms with Gasteiger partial charge in [0, 0.05) is 17.8 Å². The fourth-order valence-corrected chi connectivity index (χ4v) is 1.96. The number of nitrogens with one attached hydrogen (secondary N) is 2. The maximum Gasteiger partial charge on any atom is 0.313 e. The number of hydrogen-bond acceptors (Lipinski definition) is 3. The number of amides is 2. The van der Waals surface area contributed by atoms with Gasteiger partial charge in [-0.05, 0) is 30.7 Å². The van der Waals surface area contributed by atoms with Gasteiger partial charge in [-0.3, -0.25) is 9.59 Å². The van der Waals surface area contributed by atoms with E-state index in [1.165, 1.54) is 25.3 Å². The number of para-hydroxylation sites is 1. The summed E-state index contributed by atoms with van der Waals surface area (Å²) in [6, 6.07) is 11.4. The van der Waals surface area contributed by atoms with Gasteiger partial charge in [-0.15, -0.1) is 0 Å². The summed E-state index contributed by atoms with van der Waals surface area (Å²) in [5.74, 6) is -1.49. The van der Waals surface area contributed by atoms with E-state index in [9.17, 15) is 14.0 Å². The second-order valence-corrected chi connectivity index (χ2v) is 4.91. The second kappa shape index (κ2) is 7.40. The first-order valence-corrected chi connectivity index (χ1v) is 6.98. The first kappa shape index (κ1) is 16.5. The van der Waals surface area contributed by atoms with Crippen molar-refractivity contribution in [2.24, 2.45) is 0 Å². The van der Waals surface area contributed by atoms with Crippen LogP contribution in [0.2, 0.25) is 0 Å². The molecule has 0 aliphatic carbocycles. The summed E-state index contributed by atoms with van der Waals surface area (Å²) in [7, 11) is 1.53. The van der Waals surface area contributed by atoms with Crippen LogP contribution < -0.4 is 15.4 Å². The molecule has 0 spiro atoms. The number of methoxy groups -OCH3 is 1. The van der Waals surface area contributed by atoms with Crippen molar-refractivity contribution in [3.63, 3.8) is 0 Å². The quantitative estimate of drug-likeness (QED) is 0.851. The lowest BCUT2D eigenvalue weighted by Crippen LogP contribution is -2.35. The zero-order chi connectivity index (χ0) is 16.8. The minimum absolute atomic E-state index is 0.151. The van der Waals surface area contributed by atoms with Crippen LogP contribution in [0.15, 0.2) is 42.5 Å². The van der Waals surface area contributed by atoms with Crippen LogP contribution in [0.3, 0.4) is 0 Å². The maximum absolute atomic E-state index is 13.4. The van der Waals surface area contributed by atoms with Crippen LogP contribution in [0.1, 0.15) is 11.1 Å². The Bertz CT molecular complexity index is 732. The third kappa shape index (κ3) is 4.29. The molecule has 0 saturated carbocycles. The van der Waals surface area contributed by atoms with Gasteiger partial charge in [0.15, 0.2) is 0 Å². The molecule has 0 fully saturated rings. The van der Waals surface area contributed by atoms with Crippen LogP contribution in [-0.4, -0.2) is 18.9 Å². The van der Waals surface area contributed by atoms with Crippen LogP contribution in [0.5, 0.6) is 5.75 Å². The molecule has 0 atom stereocenters. The van der Waals surface area contributed by atoms with Gasteiger partial charge in [-0.1, -0.05) is 24.3 Å². The fourth-order valence-electron chi connectivity index (χ4n) is 1.96. The Morgan fingerprint density at radius 2 is 1.87 bits per heavy atom. The lowest BCUT2D eigenvalue weighted by atomic mass is 10.2. The van der Waals surface area contributed by atoms with Crippen molar-refractivity contribution in [1.82, 2.24) is 5.32 Å². The molecule has 2 amide bonds. The number of ether oxygens (including phenoxy) is 1. The number of hydrogen-bond donors (Lipinski definition) is 2. The summed E-state index contributed by atoms with van der Waals surface area (Å²) in [5.41, 5.74) is 1.44. The average Bonchev–Trinajstić information content (AvgIpc) is 2.56. The minimum atomic E-state index is -0.858. The zero-order valence-corrected chi connectivity index (χ0v) is 12.9. The summed E-state index contributed by atoms with van der Waals surface area (Å²) < 4.78 is 18.6. The Morgan fingerprint density at radius 1 is 1.13 bits per heavy atom. The van der Waals surface area contributed by atoms with Crippen molar-refractivity contribution in [1.29, 1.82) is 0 Å². The number of aryl methyl sites for hydroxylation is 1. The first-order valence-electron chi connectivity index (χ1n) is 6.98. The van der Waals surface area contributed by atoms with E-state index in [1.807, 2.05) is 6.07 Å². The van der Waals surface area contributed by atoms with Gasteiger partial charge < -0.3 is 15.4 Å². The van der Waals surface area contributed by atoms with Crippen molar-refractivity contribution in [3.8, 4) is 5.75 Å². The summed E-state index contributed by atoms with van der Waals surface area (Å²) >= 11 is 0. The smallest absolute Gasteiger partial charge is 0.313 e. The number of halogens is 1. The predicted octanol–water partition coefficient (Wildman–Crippen LogP) is 2.40. The van der Waals surface area contributed by atoms with Crippen molar-refractivity contribution in [3.05, 3.63) is 59.4 Å². The van der Waals surface area contributed by atoms with E-state index in [0.29, 0.717) is 11.3 Å². The topological polar surface area (TPSA) is 67.4 Å². The van der Waals surface area contributed by atoms with Crippen LogP contribution >= 0.6 is 0 Å². The van der Waals surface area contributed by atoms with E-state index >= 15 is 0 Å². The largest absolute Gasteiger partial charge is 0.496 e. The van der Waals surface area contributed by atoms with Crippen molar-refractivity contribution < 1.29 is 18.7 Å². The lowest BCUT2D eigenvalue weighted by molar-refractivity contribution is -0.136. The van der Waals surface area contributed by atoms with Gasteiger partial charge in [-0.25, -0.2) is 4.39 Å². The molecule has 0 aromatic heterocycles. The number of benzene rings is 2. The summed E-state index contributed by atoms with van der Waals surface area (Å²) in [5, 5.41) is 4.85. The Hall–Kier alpha value is -2.89. The monoisotopic (exact) mass is 316 g/mol. The fraction of sp³-hybridized carbons (Fsp3) is 0.176. The van der Waals surface area contributed by atoms with Crippen molar-refractivity contribution in [2.75, 3.05) is 12.4 Å². The molecular formula is C17H17FN2O3. The number of rotatable bonds is 4. The molecule has 120 valence electrons. The lowest BCUT2D eigenvalue weighted by Gasteiger charge is -2.10. The summed E-state index contributed by atoms with van der Waals surface area (Å²) in [6.45, 7) is 1.76. The summed E-state index contributed by atoms with van der Waals surface area (Å²) in [4.78, 5) is 23.6. The second-order valence-electron chi connectivity index (χ2n) is 4.91. The standard InChI is InChI=1S/C17H17FN2O3/c1-11-7-8-13(9-14(11)18)20-17(22)16(21)19-10-12-5-3-4-6-15(12)23-2/h3-9H,10H2,1-2H3,(H,19,21)(H,20,22). The van der Waals surface area contributed by atoms with E-state index in [2.05, 4.69) is 10.6 Å². The highest BCUT2D eigenvalue weighted by Crippen LogP contribution is 2.17. The third-order valence-electron chi connectivity index (χ3n) is 3.27. The molecule has 0 saturated heterocycles. The zero-order valence-electron chi connectivity index (χ0n) is 12.9. The highest BCUT2D eigenvalue weighted by Gasteiger charge is 2.14. The Morgan fingerprint density at radius 3 is 2.57 bits per heavy atom. The molecule has 2 aromatic carbocycles. The number of carbonyl (C=O) groups excluding carboxylic acids is 2. The van der Waals surface area contributed by atoms with Gasteiger partial charge in [-0.2, -0.15) is 0 Å². The van der Waals surface area contributed by atoms with Crippen LogP contribution in [0.25, 0.3) is 0 Å². The third-order valence-corrected chi connectivity index (χ3v) is 3.27. The Balaban J connectivity index is 1.95. The number of carbonyl (C=O) groups is 2. The van der Waals surface area contributed by atoms with E-state index in [4.69, 9.17) is 4.74 Å². The highest BCUT2D eigenvalue weighted by molar-refractivity contribution is 6.39. The van der Waals surface area contributed by atoms with E-state index in [-0.39, 0.29) is 12.2 Å². The van der Waals surface area contributed by atoms with Crippen LogP contribution in [0, 0.1) is 12.7 Å². The van der Waals surface area contributed by atoms with Crippen molar-refractivity contribution >= 4 is 17.5 Å². The average molecular weight is 316 g/mol. The highest BCUT2D eigenvalue weighted by atomic mass is 19.1. The molecule has 0 heterocycles. The van der Waals surface area contributed by atoms with Gasteiger partial charge in [0.1, 0.15) is 11.6 Å². The molecule has 0 bridgehead atoms. The minimum Gasteiger partial charge on any atom is -0.496 e. The molecule has 2 N–H and O–H groups in total. The molecule has 2 rings (SSSR count). The van der Waals surface area contributed by atoms with Crippen LogP contribution in [-0.2, 0) is 16.1 Å². The van der Waals surface area contributed by atoms with Crippen molar-refractivity contribution in [2.45, 2.75) is 13.5 Å². The Labute approximate surface area is 133 Å². The first-order chi connectivity index (χ1) is 11.0. The Kier molecular flexibility index (Phi) is 5.30. The van der Waals surface area contributed by atoms with Crippen LogP contribution in [0.4, 0.5) is 10.1 Å². The SMILES string of the molecule is COc1ccccc1CNC(=O)C(=O)Nc1ccc(C)c(F)c1. The van der Waals surface area contributed by atoms with E-state index in [1.54, 1.807) is 25.1 Å². The van der Waals surface area contributed by atoms with E-state index < -0.39 is 17.6 Å².